The summed E-state index contributed by atoms with van der Waals surface area (Å²) in [6.07, 6.45) is -0.00514. The predicted molar refractivity (Wildman–Crippen MR) is 102 cm³/mol. The average Bonchev–Trinajstić information content (AvgIpc) is 3.05. The topological polar surface area (TPSA) is 75.7 Å². The van der Waals surface area contributed by atoms with Crippen LogP contribution in [0.4, 0.5) is 15.8 Å². The number of nitrogens with one attached hydrogen (secondary N) is 1. The van der Waals surface area contributed by atoms with Gasteiger partial charge in [-0.05, 0) is 55.3 Å². The van der Waals surface area contributed by atoms with Gasteiger partial charge in [-0.25, -0.2) is 4.39 Å². The van der Waals surface area contributed by atoms with Gasteiger partial charge in [-0.1, -0.05) is 12.1 Å². The number of aryl methyl sites for hydroxylation is 2. The molecule has 1 saturated heterocycles. The molecular weight excluding hydrogens is 363 g/mol. The van der Waals surface area contributed by atoms with E-state index in [0.29, 0.717) is 11.4 Å². The van der Waals surface area contributed by atoms with E-state index in [1.165, 1.54) is 29.2 Å². The van der Waals surface area contributed by atoms with Crippen LogP contribution < -0.4 is 10.2 Å². The zero-order chi connectivity index (χ0) is 20.3. The maximum Gasteiger partial charge on any atom is 0.311 e. The van der Waals surface area contributed by atoms with E-state index in [4.69, 9.17) is 4.74 Å². The van der Waals surface area contributed by atoms with Crippen molar-refractivity contribution in [2.45, 2.75) is 20.3 Å². The summed E-state index contributed by atoms with van der Waals surface area (Å²) in [7, 11) is 0. The Balaban J connectivity index is 1.53. The molecule has 0 bridgehead atoms. The molecule has 2 aromatic carbocycles. The first-order chi connectivity index (χ1) is 13.3. The molecule has 0 aliphatic carbocycles. The normalized spacial score (nSPS) is 16.2. The Kier molecular flexibility index (Phi) is 5.73. The highest BCUT2D eigenvalue weighted by Crippen LogP contribution is 2.26. The van der Waals surface area contributed by atoms with E-state index in [1.54, 1.807) is 0 Å². The third kappa shape index (κ3) is 4.54. The van der Waals surface area contributed by atoms with Crippen LogP contribution >= 0.6 is 0 Å². The lowest BCUT2D eigenvalue weighted by atomic mass is 10.1. The number of nitrogens with zero attached hydrogens (tertiary/aromatic N) is 1. The number of carbonyl (C=O) groups is 3. The van der Waals surface area contributed by atoms with Crippen molar-refractivity contribution in [3.8, 4) is 0 Å². The fourth-order valence-corrected chi connectivity index (χ4v) is 3.05. The molecule has 2 amide bonds. The molecule has 0 spiro atoms. The van der Waals surface area contributed by atoms with Crippen LogP contribution in [-0.4, -0.2) is 30.9 Å². The standard InChI is InChI=1S/C21H21FN2O4/c1-13-3-4-14(2)18(9-13)23-19(25)12-28-21(27)15-10-20(26)24(11-15)17-7-5-16(22)6-8-17/h3-9,15H,10-12H2,1-2H3,(H,23,25). The zero-order valence-corrected chi connectivity index (χ0v) is 15.7. The molecule has 0 radical (unpaired) electrons. The average molecular weight is 384 g/mol. The summed E-state index contributed by atoms with van der Waals surface area (Å²) >= 11 is 0. The van der Waals surface area contributed by atoms with Crippen molar-refractivity contribution < 1.29 is 23.5 Å². The Morgan fingerprint density at radius 3 is 2.61 bits per heavy atom. The van der Waals surface area contributed by atoms with Crippen LogP contribution in [0, 0.1) is 25.6 Å². The number of ether oxygens (including phenoxy) is 1. The van der Waals surface area contributed by atoms with Gasteiger partial charge in [0.2, 0.25) is 5.91 Å². The zero-order valence-electron chi connectivity index (χ0n) is 15.7. The Morgan fingerprint density at radius 2 is 1.89 bits per heavy atom. The number of carbonyl (C=O) groups excluding carboxylic acids is 3. The molecule has 1 atom stereocenters. The largest absolute Gasteiger partial charge is 0.455 e. The lowest BCUT2D eigenvalue weighted by Gasteiger charge is -2.16. The molecule has 0 saturated carbocycles. The van der Waals surface area contributed by atoms with Crippen molar-refractivity contribution in [3.63, 3.8) is 0 Å². The Morgan fingerprint density at radius 1 is 1.18 bits per heavy atom. The van der Waals surface area contributed by atoms with Crippen molar-refractivity contribution >= 4 is 29.2 Å². The number of hydrogen-bond donors (Lipinski definition) is 1. The smallest absolute Gasteiger partial charge is 0.311 e. The minimum atomic E-state index is -0.661. The van der Waals surface area contributed by atoms with E-state index in [2.05, 4.69) is 5.32 Å². The van der Waals surface area contributed by atoms with E-state index >= 15 is 0 Å². The van der Waals surface area contributed by atoms with Gasteiger partial charge < -0.3 is 15.0 Å². The number of halogens is 1. The molecule has 146 valence electrons. The number of hydrogen-bond acceptors (Lipinski definition) is 4. The molecule has 28 heavy (non-hydrogen) atoms. The first-order valence-electron chi connectivity index (χ1n) is 8.93. The van der Waals surface area contributed by atoms with E-state index < -0.39 is 30.2 Å². The summed E-state index contributed by atoms with van der Waals surface area (Å²) in [5, 5.41) is 2.72. The molecule has 1 heterocycles. The lowest BCUT2D eigenvalue weighted by molar-refractivity contribution is -0.151. The molecule has 1 unspecified atom stereocenters. The summed E-state index contributed by atoms with van der Waals surface area (Å²) in [6, 6.07) is 11.2. The summed E-state index contributed by atoms with van der Waals surface area (Å²) in [5.41, 5.74) is 3.10. The Hall–Kier alpha value is -3.22. The van der Waals surface area contributed by atoms with E-state index in [0.717, 1.165) is 11.1 Å². The fourth-order valence-electron chi connectivity index (χ4n) is 3.05. The second kappa shape index (κ2) is 8.21. The van der Waals surface area contributed by atoms with Crippen molar-refractivity contribution in [2.75, 3.05) is 23.4 Å². The van der Waals surface area contributed by atoms with Gasteiger partial charge in [0.25, 0.3) is 5.91 Å². The first kappa shape index (κ1) is 19.5. The van der Waals surface area contributed by atoms with Gasteiger partial charge in [0.15, 0.2) is 6.61 Å². The van der Waals surface area contributed by atoms with Crippen molar-refractivity contribution in [1.29, 1.82) is 0 Å². The number of rotatable bonds is 5. The van der Waals surface area contributed by atoms with Gasteiger partial charge in [0.05, 0.1) is 5.92 Å². The van der Waals surface area contributed by atoms with Crippen LogP contribution in [0.1, 0.15) is 17.5 Å². The van der Waals surface area contributed by atoms with Crippen molar-refractivity contribution in [3.05, 3.63) is 59.4 Å². The van der Waals surface area contributed by atoms with Gasteiger partial charge in [0, 0.05) is 24.3 Å². The quantitative estimate of drug-likeness (QED) is 0.804. The van der Waals surface area contributed by atoms with E-state index in [1.807, 2.05) is 32.0 Å². The maximum atomic E-state index is 13.0. The fraction of sp³-hybridized carbons (Fsp3) is 0.286. The first-order valence-corrected chi connectivity index (χ1v) is 8.93. The number of amides is 2. The molecular formula is C21H21FN2O4. The van der Waals surface area contributed by atoms with Crippen LogP contribution in [0.5, 0.6) is 0 Å². The van der Waals surface area contributed by atoms with Crippen molar-refractivity contribution in [1.82, 2.24) is 0 Å². The highest BCUT2D eigenvalue weighted by Gasteiger charge is 2.36. The number of benzene rings is 2. The molecule has 0 aromatic heterocycles. The second-order valence-electron chi connectivity index (χ2n) is 6.86. The highest BCUT2D eigenvalue weighted by atomic mass is 19.1. The van der Waals surface area contributed by atoms with E-state index in [9.17, 15) is 18.8 Å². The van der Waals surface area contributed by atoms with Gasteiger partial charge in [-0.2, -0.15) is 0 Å². The van der Waals surface area contributed by atoms with Gasteiger partial charge >= 0.3 is 5.97 Å². The maximum absolute atomic E-state index is 13.0. The molecule has 6 nitrogen and oxygen atoms in total. The van der Waals surface area contributed by atoms with Crippen LogP contribution in [-0.2, 0) is 19.1 Å². The Bertz CT molecular complexity index is 911. The minimum absolute atomic E-state index is 0.00514. The van der Waals surface area contributed by atoms with Gasteiger partial charge in [-0.3, -0.25) is 14.4 Å². The molecule has 2 aromatic rings. The molecule has 1 aliphatic heterocycles. The minimum Gasteiger partial charge on any atom is -0.455 e. The highest BCUT2D eigenvalue weighted by molar-refractivity contribution is 6.00. The van der Waals surface area contributed by atoms with Gasteiger partial charge in [0.1, 0.15) is 5.82 Å². The number of anilines is 2. The molecule has 1 aliphatic rings. The lowest BCUT2D eigenvalue weighted by Crippen LogP contribution is -2.28. The van der Waals surface area contributed by atoms with Gasteiger partial charge in [-0.15, -0.1) is 0 Å². The van der Waals surface area contributed by atoms with Crippen molar-refractivity contribution in [2.24, 2.45) is 5.92 Å². The summed E-state index contributed by atoms with van der Waals surface area (Å²) in [4.78, 5) is 37.9. The monoisotopic (exact) mass is 384 g/mol. The summed E-state index contributed by atoms with van der Waals surface area (Å²) in [5.74, 6) is -2.35. The SMILES string of the molecule is Cc1ccc(C)c(NC(=O)COC(=O)C2CC(=O)N(c3ccc(F)cc3)C2)c1. The third-order valence-electron chi connectivity index (χ3n) is 4.61. The molecule has 3 rings (SSSR count). The second-order valence-corrected chi connectivity index (χ2v) is 6.86. The van der Waals surface area contributed by atoms with Crippen LogP contribution in [0.25, 0.3) is 0 Å². The van der Waals surface area contributed by atoms with Crippen LogP contribution in [0.3, 0.4) is 0 Å². The summed E-state index contributed by atoms with van der Waals surface area (Å²) < 4.78 is 18.1. The summed E-state index contributed by atoms with van der Waals surface area (Å²) in [6.45, 7) is 3.50. The third-order valence-corrected chi connectivity index (χ3v) is 4.61. The Labute approximate surface area is 162 Å². The van der Waals surface area contributed by atoms with Crippen LogP contribution in [0.15, 0.2) is 42.5 Å². The van der Waals surface area contributed by atoms with Crippen LogP contribution in [0.2, 0.25) is 0 Å². The number of esters is 1. The molecule has 1 fully saturated rings. The molecule has 1 N–H and O–H groups in total. The molecule has 7 heteroatoms. The van der Waals surface area contributed by atoms with E-state index in [-0.39, 0.29) is 18.9 Å². The predicted octanol–water partition coefficient (Wildman–Crippen LogP) is 2.98.